The number of carbonyl (C=O) groups is 1. The van der Waals surface area contributed by atoms with Crippen molar-refractivity contribution in [2.45, 2.75) is 4.90 Å². The van der Waals surface area contributed by atoms with Gasteiger partial charge in [-0.2, -0.15) is 0 Å². The van der Waals surface area contributed by atoms with E-state index in [0.29, 0.717) is 11.4 Å². The van der Waals surface area contributed by atoms with Crippen molar-refractivity contribution in [2.75, 3.05) is 10.0 Å². The van der Waals surface area contributed by atoms with Gasteiger partial charge in [-0.3, -0.25) is 9.52 Å². The third-order valence-corrected chi connectivity index (χ3v) is 5.03. The summed E-state index contributed by atoms with van der Waals surface area (Å²) in [4.78, 5) is 11.4. The molecule has 0 spiro atoms. The molecule has 25 heavy (non-hydrogen) atoms. The van der Waals surface area contributed by atoms with E-state index in [-0.39, 0.29) is 10.8 Å². The maximum absolute atomic E-state index is 12.6. The highest BCUT2D eigenvalue weighted by atomic mass is 32.2. The van der Waals surface area contributed by atoms with Crippen LogP contribution in [0.4, 0.5) is 11.4 Å². The summed E-state index contributed by atoms with van der Waals surface area (Å²) in [6, 6.07) is 18.9. The SMILES string of the molecule is C=CC(=O)Nc1ccc(S(=O)(=O)Nc2cccc3ccccc23)cc1. The average molecular weight is 352 g/mol. The molecule has 0 aliphatic carbocycles. The Kier molecular flexibility index (Phi) is 4.54. The van der Waals surface area contributed by atoms with Gasteiger partial charge in [-0.25, -0.2) is 8.42 Å². The first-order valence-electron chi connectivity index (χ1n) is 7.54. The van der Waals surface area contributed by atoms with Crippen LogP contribution in [0.25, 0.3) is 10.8 Å². The van der Waals surface area contributed by atoms with Gasteiger partial charge in [0.15, 0.2) is 0 Å². The van der Waals surface area contributed by atoms with Crippen LogP contribution in [0.5, 0.6) is 0 Å². The zero-order valence-corrected chi connectivity index (χ0v) is 14.1. The number of sulfonamides is 1. The number of anilines is 2. The van der Waals surface area contributed by atoms with Crippen LogP contribution >= 0.6 is 0 Å². The maximum atomic E-state index is 12.6. The van der Waals surface area contributed by atoms with Gasteiger partial charge in [-0.1, -0.05) is 43.0 Å². The van der Waals surface area contributed by atoms with Crippen LogP contribution in [0.1, 0.15) is 0 Å². The van der Waals surface area contributed by atoms with Gasteiger partial charge in [0.25, 0.3) is 10.0 Å². The predicted molar refractivity (Wildman–Crippen MR) is 100 cm³/mol. The monoisotopic (exact) mass is 352 g/mol. The summed E-state index contributed by atoms with van der Waals surface area (Å²) in [5, 5.41) is 4.34. The Morgan fingerprint density at radius 1 is 0.920 bits per heavy atom. The second kappa shape index (κ2) is 6.78. The molecule has 0 fully saturated rings. The Bertz CT molecular complexity index is 1040. The second-order valence-corrected chi connectivity index (χ2v) is 7.03. The summed E-state index contributed by atoms with van der Waals surface area (Å²) < 4.78 is 27.9. The van der Waals surface area contributed by atoms with E-state index >= 15 is 0 Å². The Hall–Kier alpha value is -3.12. The zero-order chi connectivity index (χ0) is 17.9. The van der Waals surface area contributed by atoms with Crippen molar-refractivity contribution in [3.63, 3.8) is 0 Å². The molecule has 0 aromatic heterocycles. The number of carbonyl (C=O) groups excluding carboxylic acids is 1. The van der Waals surface area contributed by atoms with Crippen LogP contribution in [-0.4, -0.2) is 14.3 Å². The molecule has 0 radical (unpaired) electrons. The number of rotatable bonds is 5. The summed E-state index contributed by atoms with van der Waals surface area (Å²) >= 11 is 0. The lowest BCUT2D eigenvalue weighted by Gasteiger charge is -2.11. The van der Waals surface area contributed by atoms with E-state index in [4.69, 9.17) is 0 Å². The lowest BCUT2D eigenvalue weighted by molar-refractivity contribution is -0.111. The molecule has 0 saturated heterocycles. The number of amides is 1. The largest absolute Gasteiger partial charge is 0.323 e. The van der Waals surface area contributed by atoms with E-state index in [9.17, 15) is 13.2 Å². The Labute approximate surface area is 146 Å². The highest BCUT2D eigenvalue weighted by Gasteiger charge is 2.15. The third kappa shape index (κ3) is 3.70. The molecule has 0 aliphatic rings. The summed E-state index contributed by atoms with van der Waals surface area (Å²) in [5.74, 6) is -0.357. The van der Waals surface area contributed by atoms with E-state index in [1.165, 1.54) is 24.3 Å². The number of benzene rings is 3. The van der Waals surface area contributed by atoms with Gasteiger partial charge in [-0.05, 0) is 41.8 Å². The van der Waals surface area contributed by atoms with Crippen LogP contribution in [0, 0.1) is 0 Å². The van der Waals surface area contributed by atoms with Crippen LogP contribution in [0.3, 0.4) is 0 Å². The minimum absolute atomic E-state index is 0.108. The van der Waals surface area contributed by atoms with Crippen LogP contribution in [-0.2, 0) is 14.8 Å². The maximum Gasteiger partial charge on any atom is 0.261 e. The molecule has 0 aliphatic heterocycles. The van der Waals surface area contributed by atoms with Gasteiger partial charge >= 0.3 is 0 Å². The van der Waals surface area contributed by atoms with Gasteiger partial charge in [0, 0.05) is 11.1 Å². The van der Waals surface area contributed by atoms with Gasteiger partial charge in [0.1, 0.15) is 0 Å². The van der Waals surface area contributed by atoms with Crippen molar-refractivity contribution in [1.29, 1.82) is 0 Å². The molecule has 0 atom stereocenters. The summed E-state index contributed by atoms with van der Waals surface area (Å²) in [6.45, 7) is 3.37. The highest BCUT2D eigenvalue weighted by molar-refractivity contribution is 7.92. The fourth-order valence-electron chi connectivity index (χ4n) is 2.43. The smallest absolute Gasteiger partial charge is 0.261 e. The zero-order valence-electron chi connectivity index (χ0n) is 13.3. The van der Waals surface area contributed by atoms with Crippen molar-refractivity contribution >= 4 is 38.1 Å². The third-order valence-electron chi connectivity index (χ3n) is 3.65. The van der Waals surface area contributed by atoms with Crippen LogP contribution < -0.4 is 10.0 Å². The first kappa shape index (κ1) is 16.7. The molecule has 6 heteroatoms. The van der Waals surface area contributed by atoms with Crippen molar-refractivity contribution < 1.29 is 13.2 Å². The van der Waals surface area contributed by atoms with Gasteiger partial charge < -0.3 is 5.32 Å². The van der Waals surface area contributed by atoms with Crippen molar-refractivity contribution in [3.05, 3.63) is 79.4 Å². The Morgan fingerprint density at radius 2 is 1.60 bits per heavy atom. The van der Waals surface area contributed by atoms with E-state index in [1.807, 2.05) is 30.3 Å². The summed E-state index contributed by atoms with van der Waals surface area (Å²) in [7, 11) is -3.74. The molecule has 0 heterocycles. The Balaban J connectivity index is 1.89. The summed E-state index contributed by atoms with van der Waals surface area (Å²) in [5.41, 5.74) is 1.01. The summed E-state index contributed by atoms with van der Waals surface area (Å²) in [6.07, 6.45) is 1.15. The molecule has 5 nitrogen and oxygen atoms in total. The minimum atomic E-state index is -3.74. The number of fused-ring (bicyclic) bond motifs is 1. The molecular formula is C19H16N2O3S. The topological polar surface area (TPSA) is 75.3 Å². The molecule has 126 valence electrons. The predicted octanol–water partition coefficient (Wildman–Crippen LogP) is 3.77. The fourth-order valence-corrected chi connectivity index (χ4v) is 3.51. The molecule has 3 aromatic carbocycles. The quantitative estimate of drug-likeness (QED) is 0.687. The van der Waals surface area contributed by atoms with E-state index < -0.39 is 10.0 Å². The molecule has 3 rings (SSSR count). The van der Waals surface area contributed by atoms with Crippen LogP contribution in [0.2, 0.25) is 0 Å². The first-order chi connectivity index (χ1) is 12.0. The molecule has 2 N–H and O–H groups in total. The number of nitrogens with one attached hydrogen (secondary N) is 2. The van der Waals surface area contributed by atoms with Crippen molar-refractivity contribution in [3.8, 4) is 0 Å². The molecule has 0 bridgehead atoms. The van der Waals surface area contributed by atoms with Crippen LogP contribution in [0.15, 0.2) is 84.3 Å². The molecular weight excluding hydrogens is 336 g/mol. The van der Waals surface area contributed by atoms with Gasteiger partial charge in [0.05, 0.1) is 10.6 Å². The molecule has 0 saturated carbocycles. The Morgan fingerprint density at radius 3 is 2.32 bits per heavy atom. The highest BCUT2D eigenvalue weighted by Crippen LogP contribution is 2.26. The van der Waals surface area contributed by atoms with Crippen molar-refractivity contribution in [1.82, 2.24) is 0 Å². The lowest BCUT2D eigenvalue weighted by Crippen LogP contribution is -2.13. The fraction of sp³-hybridized carbons (Fsp3) is 0. The number of hydrogen-bond acceptors (Lipinski definition) is 3. The van der Waals surface area contributed by atoms with Crippen molar-refractivity contribution in [2.24, 2.45) is 0 Å². The first-order valence-corrected chi connectivity index (χ1v) is 9.02. The van der Waals surface area contributed by atoms with E-state index in [0.717, 1.165) is 16.8 Å². The van der Waals surface area contributed by atoms with E-state index in [2.05, 4.69) is 16.6 Å². The average Bonchev–Trinajstić information content (AvgIpc) is 2.62. The standard InChI is InChI=1S/C19H16N2O3S/c1-2-19(22)20-15-10-12-16(13-11-15)25(23,24)21-18-9-5-7-14-6-3-4-8-17(14)18/h2-13,21H,1H2,(H,20,22). The molecule has 3 aromatic rings. The second-order valence-electron chi connectivity index (χ2n) is 5.35. The lowest BCUT2D eigenvalue weighted by atomic mass is 10.1. The molecule has 1 amide bonds. The van der Waals surface area contributed by atoms with Gasteiger partial charge in [0.2, 0.25) is 5.91 Å². The van der Waals surface area contributed by atoms with E-state index in [1.54, 1.807) is 12.1 Å². The van der Waals surface area contributed by atoms with Gasteiger partial charge in [-0.15, -0.1) is 0 Å². The normalized spacial score (nSPS) is 11.0. The minimum Gasteiger partial charge on any atom is -0.323 e. The number of hydrogen-bond donors (Lipinski definition) is 2. The molecule has 0 unspecified atom stereocenters.